The molecule has 3 N–H and O–H groups in total. The van der Waals surface area contributed by atoms with Crippen LogP contribution in [0.15, 0.2) is 73.2 Å². The summed E-state index contributed by atoms with van der Waals surface area (Å²) in [5, 5.41) is 14.5. The molecule has 15 nitrogen and oxygen atoms in total. The van der Waals surface area contributed by atoms with Gasteiger partial charge in [0.15, 0.2) is 17.2 Å². The molecule has 5 aliphatic rings. The van der Waals surface area contributed by atoms with Crippen molar-refractivity contribution in [3.63, 3.8) is 0 Å². The van der Waals surface area contributed by atoms with Crippen LogP contribution in [0.4, 0.5) is 46.7 Å². The molecule has 0 radical (unpaired) electrons. The smallest absolute Gasteiger partial charge is 0.328 e. The number of amides is 4. The Morgan fingerprint density at radius 1 is 0.953 bits per heavy atom. The molecule has 2 atom stereocenters. The van der Waals surface area contributed by atoms with Gasteiger partial charge in [-0.05, 0) is 54.3 Å². The summed E-state index contributed by atoms with van der Waals surface area (Å²) in [6, 6.07) is 15.9. The number of nitrogens with zero attached hydrogens (tertiary/aromatic N) is 9. The number of piperidine rings is 1. The van der Waals surface area contributed by atoms with E-state index in [1.165, 1.54) is 21.8 Å². The molecule has 4 aliphatic heterocycles. The third-order valence-electron chi connectivity index (χ3n) is 13.3. The Morgan fingerprint density at radius 3 is 2.53 bits per heavy atom. The second-order valence-corrected chi connectivity index (χ2v) is 17.7. The summed E-state index contributed by atoms with van der Waals surface area (Å²) in [5.41, 5.74) is 5.43. The van der Waals surface area contributed by atoms with Crippen LogP contribution in [-0.4, -0.2) is 112 Å². The number of aromatic nitrogens is 5. The average Bonchev–Trinajstić information content (AvgIpc) is 3.58. The van der Waals surface area contributed by atoms with Gasteiger partial charge in [-0.3, -0.25) is 29.7 Å². The van der Waals surface area contributed by atoms with Crippen molar-refractivity contribution >= 4 is 74.6 Å². The van der Waals surface area contributed by atoms with Crippen molar-refractivity contribution in [1.29, 1.82) is 0 Å². The van der Waals surface area contributed by atoms with E-state index in [0.29, 0.717) is 70.5 Å². The van der Waals surface area contributed by atoms with E-state index in [2.05, 4.69) is 30.8 Å². The number of benzene rings is 2. The Morgan fingerprint density at radius 2 is 1.78 bits per heavy atom. The highest BCUT2D eigenvalue weighted by Crippen LogP contribution is 2.52. The fraction of sp³-hybridized carbons (Fsp3) is 0.356. The van der Waals surface area contributed by atoms with Gasteiger partial charge in [0, 0.05) is 99.6 Å². The second-order valence-electron chi connectivity index (χ2n) is 17.3. The highest BCUT2D eigenvalue weighted by molar-refractivity contribution is 6.36. The average molecular weight is 891 g/mol. The number of hydrogen-bond acceptors (Lipinski definition) is 11. The Kier molecular flexibility index (Phi) is 9.46. The minimum Gasteiger partial charge on any atom is -0.385 e. The summed E-state index contributed by atoms with van der Waals surface area (Å²) in [6.45, 7) is 1.67. The summed E-state index contributed by atoms with van der Waals surface area (Å²) in [7, 11) is 1.78. The third-order valence-corrected chi connectivity index (χ3v) is 13.7. The summed E-state index contributed by atoms with van der Waals surface area (Å²) >= 11 is 6.59. The number of likely N-dealkylation sites (tertiary alicyclic amines) is 1. The van der Waals surface area contributed by atoms with Crippen molar-refractivity contribution in [3.05, 3.63) is 95.0 Å². The summed E-state index contributed by atoms with van der Waals surface area (Å²) in [6.07, 6.45) is 5.21. The maximum absolute atomic E-state index is 16.3. The number of pyridine rings is 2. The minimum atomic E-state index is -3.00. The zero-order valence-electron chi connectivity index (χ0n) is 34.6. The molecule has 1 aliphatic carbocycles. The molecule has 3 saturated heterocycles. The van der Waals surface area contributed by atoms with Gasteiger partial charge in [0.2, 0.25) is 5.91 Å². The van der Waals surface area contributed by atoms with Crippen LogP contribution in [-0.2, 0) is 17.8 Å². The number of fused-ring (bicyclic) bond motifs is 3. The number of alkyl halides is 3. The number of imidazole rings is 1. The molecule has 11 rings (SSSR count). The number of urea groups is 1. The van der Waals surface area contributed by atoms with Crippen LogP contribution in [0.1, 0.15) is 40.9 Å². The van der Waals surface area contributed by atoms with E-state index in [4.69, 9.17) is 21.7 Å². The van der Waals surface area contributed by atoms with Crippen LogP contribution >= 0.6 is 11.6 Å². The van der Waals surface area contributed by atoms with Crippen molar-refractivity contribution in [1.82, 2.24) is 40.1 Å². The number of carbonyl (C=O) groups is 3. The summed E-state index contributed by atoms with van der Waals surface area (Å²) in [5.74, 6) is -2.78. The maximum atomic E-state index is 16.3. The first-order valence-corrected chi connectivity index (χ1v) is 21.7. The lowest BCUT2D eigenvalue weighted by Crippen LogP contribution is -2.69. The molecule has 328 valence electrons. The van der Waals surface area contributed by atoms with Crippen molar-refractivity contribution < 1.29 is 27.6 Å². The van der Waals surface area contributed by atoms with E-state index in [-0.39, 0.29) is 44.1 Å². The van der Waals surface area contributed by atoms with Crippen LogP contribution in [0.3, 0.4) is 0 Å². The highest BCUT2D eigenvalue weighted by atomic mass is 35.5. The van der Waals surface area contributed by atoms with E-state index in [0.717, 1.165) is 34.5 Å². The largest absolute Gasteiger partial charge is 0.385 e. The lowest BCUT2D eigenvalue weighted by molar-refractivity contribution is -0.200. The predicted octanol–water partition coefficient (Wildman–Crippen LogP) is 6.36. The summed E-state index contributed by atoms with van der Waals surface area (Å²) < 4.78 is 47.7. The number of nitrogens with one attached hydrogen (secondary N) is 3. The van der Waals surface area contributed by atoms with Crippen molar-refractivity contribution in [2.45, 2.75) is 50.4 Å². The Bertz CT molecular complexity index is 2910. The van der Waals surface area contributed by atoms with Crippen molar-refractivity contribution in [2.24, 2.45) is 5.41 Å². The zero-order valence-corrected chi connectivity index (χ0v) is 35.4. The van der Waals surface area contributed by atoms with E-state index in [9.17, 15) is 18.8 Å². The number of rotatable bonds is 9. The van der Waals surface area contributed by atoms with Crippen LogP contribution in [0, 0.1) is 5.41 Å². The highest BCUT2D eigenvalue weighted by Gasteiger charge is 2.62. The normalized spacial score (nSPS) is 21.3. The van der Waals surface area contributed by atoms with Gasteiger partial charge in [-0.25, -0.2) is 32.4 Å². The molecule has 8 heterocycles. The third kappa shape index (κ3) is 6.64. The molecule has 1 spiro atoms. The quantitative estimate of drug-likeness (QED) is 0.149. The van der Waals surface area contributed by atoms with Crippen LogP contribution in [0.5, 0.6) is 0 Å². The van der Waals surface area contributed by atoms with E-state index in [1.54, 1.807) is 30.1 Å². The molecule has 1 saturated carbocycles. The van der Waals surface area contributed by atoms with Gasteiger partial charge in [-0.15, -0.1) is 5.10 Å². The lowest BCUT2D eigenvalue weighted by Gasteiger charge is -2.57. The lowest BCUT2D eigenvalue weighted by atomic mass is 9.69. The fourth-order valence-electron chi connectivity index (χ4n) is 9.84. The van der Waals surface area contributed by atoms with Gasteiger partial charge in [0.05, 0.1) is 46.3 Å². The van der Waals surface area contributed by atoms with E-state index in [1.807, 2.05) is 47.5 Å². The first-order chi connectivity index (χ1) is 30.9. The van der Waals surface area contributed by atoms with Crippen LogP contribution in [0.25, 0.3) is 27.7 Å². The number of imide groups is 1. The topological polar surface area (TPSA) is 156 Å². The number of halogens is 4. The molecule has 2 unspecified atom stereocenters. The second kappa shape index (κ2) is 15.0. The Balaban J connectivity index is 0.765. The fourth-order valence-corrected chi connectivity index (χ4v) is 10.1. The van der Waals surface area contributed by atoms with Crippen LogP contribution < -0.4 is 30.7 Å². The molecule has 4 amide bonds. The summed E-state index contributed by atoms with van der Waals surface area (Å²) in [4.78, 5) is 58.6. The first-order valence-electron chi connectivity index (χ1n) is 21.3. The van der Waals surface area contributed by atoms with Gasteiger partial charge in [-0.1, -0.05) is 29.8 Å². The molecule has 4 fully saturated rings. The number of anilines is 5. The van der Waals surface area contributed by atoms with Crippen molar-refractivity contribution in [2.75, 3.05) is 66.3 Å². The van der Waals surface area contributed by atoms with Gasteiger partial charge >= 0.3 is 6.03 Å². The van der Waals surface area contributed by atoms with E-state index >= 15 is 8.78 Å². The minimum absolute atomic E-state index is 0.118. The Hall–Kier alpha value is -6.53. The predicted molar refractivity (Wildman–Crippen MR) is 235 cm³/mol. The van der Waals surface area contributed by atoms with Gasteiger partial charge < -0.3 is 20.4 Å². The van der Waals surface area contributed by atoms with Gasteiger partial charge in [-0.2, -0.15) is 0 Å². The van der Waals surface area contributed by atoms with E-state index < -0.39 is 42.0 Å². The molecule has 4 aromatic heterocycles. The van der Waals surface area contributed by atoms with Gasteiger partial charge in [0.1, 0.15) is 12.0 Å². The maximum Gasteiger partial charge on any atom is 0.328 e. The van der Waals surface area contributed by atoms with Crippen LogP contribution in [0.2, 0.25) is 5.02 Å². The number of hydrogen-bond donors (Lipinski definition) is 3. The van der Waals surface area contributed by atoms with Gasteiger partial charge in [0.25, 0.3) is 11.8 Å². The Labute approximate surface area is 369 Å². The zero-order chi connectivity index (χ0) is 44.1. The first kappa shape index (κ1) is 40.3. The molecule has 19 heteroatoms. The molecule has 6 aromatic rings. The monoisotopic (exact) mass is 890 g/mol. The molecular formula is C45H42ClF3N12O3. The molecule has 2 aromatic carbocycles. The number of carbonyl (C=O) groups excluding carboxylic acids is 3. The SMILES string of the molecule is CNc1cc(N2CCc3c(-c4ccc(CN5CC6(CCN(c7nccc8c(N9CCC(=O)NC9=O)c(Cl)ccc78)CC6(F)F)C5)cn4)cccc32)nn2c(C(=O)NC3CC3F)cnc12. The standard InChI is InChI=1S/C45H42ClF3N12O3/c1-50-34-18-37(56-61-36(20-53-41(34)61)42(63)54-33-17-31(33)47)59-14-10-27-26(3-2-4-35(27)59)32-8-5-25(19-52-32)21-57-22-44(23-57)12-16-58(24-45(44,48)49)40-29-6-7-30(46)39(28(29)9-13-51-40)60-15-11-38(62)55-43(60)64/h2-9,13,18-20,31,33,50H,10-12,14-17,21-24H2,1H3,(H,54,63)(H,55,62,64). The van der Waals surface area contributed by atoms with Crippen molar-refractivity contribution in [3.8, 4) is 11.3 Å². The molecule has 0 bridgehead atoms. The molecule has 64 heavy (non-hydrogen) atoms. The molecular weight excluding hydrogens is 849 g/mol.